The first kappa shape index (κ1) is 33.2. The SMILES string of the molecule is CC[C@@H](C(=O)NCC(C)C)N(Cc1ccc(Cl)cc1Cl)C(=O)CN(c1ccccc1OC)S(=O)(=O)c1ccc(C)cc1. The summed E-state index contributed by atoms with van der Waals surface area (Å²) in [6.45, 7) is 7.39. The van der Waals surface area contributed by atoms with Crippen LogP contribution < -0.4 is 14.4 Å². The molecule has 226 valence electrons. The molecule has 0 saturated carbocycles. The van der Waals surface area contributed by atoms with Crippen LogP contribution in [0.25, 0.3) is 0 Å². The van der Waals surface area contributed by atoms with Crippen molar-refractivity contribution in [2.45, 2.75) is 51.6 Å². The minimum Gasteiger partial charge on any atom is -0.495 e. The molecule has 42 heavy (non-hydrogen) atoms. The summed E-state index contributed by atoms with van der Waals surface area (Å²) >= 11 is 12.6. The molecule has 1 N–H and O–H groups in total. The molecule has 0 aromatic heterocycles. The summed E-state index contributed by atoms with van der Waals surface area (Å²) in [7, 11) is -2.80. The van der Waals surface area contributed by atoms with Gasteiger partial charge in [-0.05, 0) is 61.2 Å². The van der Waals surface area contributed by atoms with E-state index in [1.165, 1.54) is 24.1 Å². The molecule has 0 unspecified atom stereocenters. The lowest BCUT2D eigenvalue weighted by atomic mass is 10.1. The molecule has 0 fully saturated rings. The first-order chi connectivity index (χ1) is 19.9. The predicted octanol–water partition coefficient (Wildman–Crippen LogP) is 6.09. The summed E-state index contributed by atoms with van der Waals surface area (Å²) in [5.74, 6) is -0.457. The number of rotatable bonds is 13. The molecular formula is C31H37Cl2N3O5S. The van der Waals surface area contributed by atoms with Gasteiger partial charge in [0.1, 0.15) is 18.3 Å². The van der Waals surface area contributed by atoms with E-state index in [0.29, 0.717) is 28.6 Å². The molecule has 0 aliphatic carbocycles. The first-order valence-electron chi connectivity index (χ1n) is 13.6. The second kappa shape index (κ2) is 14.8. The molecule has 0 saturated heterocycles. The Morgan fingerprint density at radius 1 is 1.00 bits per heavy atom. The number of halogens is 2. The van der Waals surface area contributed by atoms with Gasteiger partial charge < -0.3 is 15.0 Å². The van der Waals surface area contributed by atoms with Crippen LogP contribution in [0.15, 0.2) is 71.6 Å². The number of ether oxygens (including phenoxy) is 1. The number of anilines is 1. The largest absolute Gasteiger partial charge is 0.495 e. The standard InChI is InChI=1S/C31H37Cl2N3O5S/c1-6-27(31(38)34-18-21(2)3)35(19-23-13-14-24(32)17-26(23)33)30(37)20-36(28-9-7-8-10-29(28)41-5)42(39,40)25-15-11-22(4)12-16-25/h7-17,21,27H,6,18-20H2,1-5H3,(H,34,38)/t27-/m0/s1. The zero-order chi connectivity index (χ0) is 31.0. The quantitative estimate of drug-likeness (QED) is 0.246. The van der Waals surface area contributed by atoms with Gasteiger partial charge in [0.05, 0.1) is 17.7 Å². The molecule has 8 nitrogen and oxygen atoms in total. The lowest BCUT2D eigenvalue weighted by Gasteiger charge is -2.33. The summed E-state index contributed by atoms with van der Waals surface area (Å²) < 4.78 is 34.6. The molecule has 2 amide bonds. The van der Waals surface area contributed by atoms with Crippen LogP contribution in [0.2, 0.25) is 10.0 Å². The van der Waals surface area contributed by atoms with Gasteiger partial charge in [0.15, 0.2) is 0 Å². The van der Waals surface area contributed by atoms with Crippen molar-refractivity contribution in [3.05, 3.63) is 87.9 Å². The highest BCUT2D eigenvalue weighted by atomic mass is 35.5. The molecule has 3 rings (SSSR count). The first-order valence-corrected chi connectivity index (χ1v) is 15.8. The highest BCUT2D eigenvalue weighted by molar-refractivity contribution is 7.92. The van der Waals surface area contributed by atoms with E-state index in [9.17, 15) is 18.0 Å². The van der Waals surface area contributed by atoms with Crippen LogP contribution in [0.1, 0.15) is 38.3 Å². The number of para-hydroxylation sites is 2. The Morgan fingerprint density at radius 3 is 2.26 bits per heavy atom. The topological polar surface area (TPSA) is 96.0 Å². The molecule has 3 aromatic rings. The summed E-state index contributed by atoms with van der Waals surface area (Å²) in [6, 6.07) is 17.0. The molecule has 0 bridgehead atoms. The van der Waals surface area contributed by atoms with Gasteiger partial charge >= 0.3 is 0 Å². The van der Waals surface area contributed by atoms with Gasteiger partial charge in [-0.25, -0.2) is 8.42 Å². The fraction of sp³-hybridized carbons (Fsp3) is 0.355. The molecule has 0 aliphatic rings. The number of carbonyl (C=O) groups excluding carboxylic acids is 2. The fourth-order valence-electron chi connectivity index (χ4n) is 4.36. The molecular weight excluding hydrogens is 597 g/mol. The molecule has 0 aliphatic heterocycles. The Morgan fingerprint density at radius 2 is 1.67 bits per heavy atom. The number of benzene rings is 3. The van der Waals surface area contributed by atoms with Crippen LogP contribution >= 0.6 is 23.2 Å². The number of carbonyl (C=O) groups is 2. The number of hydrogen-bond donors (Lipinski definition) is 1. The Kier molecular flexibility index (Phi) is 11.7. The van der Waals surface area contributed by atoms with Gasteiger partial charge in [0.25, 0.3) is 10.0 Å². The number of nitrogens with one attached hydrogen (secondary N) is 1. The average Bonchev–Trinajstić information content (AvgIpc) is 2.95. The number of methoxy groups -OCH3 is 1. The molecule has 3 aromatic carbocycles. The van der Waals surface area contributed by atoms with E-state index in [0.717, 1.165) is 9.87 Å². The maximum absolute atomic E-state index is 14.2. The van der Waals surface area contributed by atoms with Crippen molar-refractivity contribution in [2.75, 3.05) is 24.5 Å². The lowest BCUT2D eigenvalue weighted by molar-refractivity contribution is -0.140. The summed E-state index contributed by atoms with van der Waals surface area (Å²) in [5, 5.41) is 3.66. The molecule has 11 heteroatoms. The Bertz CT molecular complexity index is 1500. The average molecular weight is 635 g/mol. The van der Waals surface area contributed by atoms with Crippen LogP contribution in [-0.4, -0.2) is 51.4 Å². The highest BCUT2D eigenvalue weighted by Crippen LogP contribution is 2.33. The van der Waals surface area contributed by atoms with Crippen LogP contribution in [0, 0.1) is 12.8 Å². The van der Waals surface area contributed by atoms with E-state index in [-0.39, 0.29) is 34.7 Å². The van der Waals surface area contributed by atoms with Crippen molar-refractivity contribution in [1.82, 2.24) is 10.2 Å². The van der Waals surface area contributed by atoms with Gasteiger partial charge in [0, 0.05) is 23.1 Å². The number of aryl methyl sites for hydroxylation is 1. The van der Waals surface area contributed by atoms with Crippen molar-refractivity contribution in [3.8, 4) is 5.75 Å². The van der Waals surface area contributed by atoms with Gasteiger partial charge in [-0.1, -0.05) is 79.9 Å². The fourth-order valence-corrected chi connectivity index (χ4v) is 6.25. The van der Waals surface area contributed by atoms with Crippen LogP contribution in [-0.2, 0) is 26.2 Å². The lowest BCUT2D eigenvalue weighted by Crippen LogP contribution is -2.52. The smallest absolute Gasteiger partial charge is 0.264 e. The van der Waals surface area contributed by atoms with E-state index in [1.54, 1.807) is 61.5 Å². The van der Waals surface area contributed by atoms with Crippen molar-refractivity contribution < 1.29 is 22.7 Å². The second-order valence-electron chi connectivity index (χ2n) is 10.3. The zero-order valence-electron chi connectivity index (χ0n) is 24.4. The van der Waals surface area contributed by atoms with Crippen molar-refractivity contribution in [3.63, 3.8) is 0 Å². The third-order valence-electron chi connectivity index (χ3n) is 6.67. The van der Waals surface area contributed by atoms with E-state index < -0.39 is 28.5 Å². The zero-order valence-corrected chi connectivity index (χ0v) is 26.8. The maximum Gasteiger partial charge on any atom is 0.264 e. The van der Waals surface area contributed by atoms with E-state index in [2.05, 4.69) is 5.32 Å². The predicted molar refractivity (Wildman–Crippen MR) is 168 cm³/mol. The second-order valence-corrected chi connectivity index (χ2v) is 13.0. The van der Waals surface area contributed by atoms with E-state index in [1.807, 2.05) is 20.8 Å². The Labute approximate surface area is 258 Å². The molecule has 0 spiro atoms. The molecule has 0 heterocycles. The van der Waals surface area contributed by atoms with Crippen LogP contribution in [0.4, 0.5) is 5.69 Å². The third kappa shape index (κ3) is 8.18. The molecule has 1 atom stereocenters. The normalized spacial score (nSPS) is 12.1. The summed E-state index contributed by atoms with van der Waals surface area (Å²) in [4.78, 5) is 29.0. The van der Waals surface area contributed by atoms with Crippen molar-refractivity contribution in [1.29, 1.82) is 0 Å². The number of nitrogens with zero attached hydrogens (tertiary/aromatic N) is 2. The monoisotopic (exact) mass is 633 g/mol. The van der Waals surface area contributed by atoms with Crippen molar-refractivity contribution >= 4 is 50.7 Å². The molecule has 0 radical (unpaired) electrons. The van der Waals surface area contributed by atoms with E-state index in [4.69, 9.17) is 27.9 Å². The van der Waals surface area contributed by atoms with Gasteiger partial charge in [0.2, 0.25) is 11.8 Å². The summed E-state index contributed by atoms with van der Waals surface area (Å²) in [6.07, 6.45) is 0.292. The van der Waals surface area contributed by atoms with Crippen LogP contribution in [0.5, 0.6) is 5.75 Å². The number of amides is 2. The minimum absolute atomic E-state index is 0.0146. The summed E-state index contributed by atoms with van der Waals surface area (Å²) in [5.41, 5.74) is 1.64. The van der Waals surface area contributed by atoms with Gasteiger partial charge in [-0.3, -0.25) is 13.9 Å². The Hall–Kier alpha value is -3.27. The maximum atomic E-state index is 14.2. The van der Waals surface area contributed by atoms with Gasteiger partial charge in [-0.15, -0.1) is 0 Å². The highest BCUT2D eigenvalue weighted by Gasteiger charge is 2.35. The minimum atomic E-state index is -4.23. The Balaban J connectivity index is 2.11. The van der Waals surface area contributed by atoms with Crippen LogP contribution in [0.3, 0.4) is 0 Å². The van der Waals surface area contributed by atoms with E-state index >= 15 is 0 Å². The third-order valence-corrected chi connectivity index (χ3v) is 9.03. The van der Waals surface area contributed by atoms with Gasteiger partial charge in [-0.2, -0.15) is 0 Å². The van der Waals surface area contributed by atoms with Crippen molar-refractivity contribution in [2.24, 2.45) is 5.92 Å². The number of sulfonamides is 1. The number of hydrogen-bond acceptors (Lipinski definition) is 5.